The van der Waals surface area contributed by atoms with Crippen LogP contribution in [-0.2, 0) is 0 Å². The van der Waals surface area contributed by atoms with Crippen LogP contribution in [0.4, 0.5) is 10.5 Å². The molecule has 0 aliphatic rings. The highest BCUT2D eigenvalue weighted by molar-refractivity contribution is 5.89. The van der Waals surface area contributed by atoms with Crippen LogP contribution in [0.15, 0.2) is 52.9 Å². The van der Waals surface area contributed by atoms with Crippen molar-refractivity contribution in [3.8, 4) is 11.5 Å². The van der Waals surface area contributed by atoms with Crippen molar-refractivity contribution < 1.29 is 24.2 Å². The number of fused-ring (bicyclic) bond motifs is 1. The van der Waals surface area contributed by atoms with Crippen LogP contribution in [0.2, 0.25) is 0 Å². The maximum absolute atomic E-state index is 11.8. The molecule has 0 aliphatic heterocycles. The molecule has 0 spiro atoms. The van der Waals surface area contributed by atoms with Crippen molar-refractivity contribution in [2.45, 2.75) is 13.0 Å². The van der Waals surface area contributed by atoms with Crippen LogP contribution in [0.5, 0.6) is 11.5 Å². The fourth-order valence-electron chi connectivity index (χ4n) is 2.75. The Morgan fingerprint density at radius 2 is 1.93 bits per heavy atom. The van der Waals surface area contributed by atoms with E-state index in [2.05, 4.69) is 16.0 Å². The first-order valence-corrected chi connectivity index (χ1v) is 9.35. The Morgan fingerprint density at radius 3 is 2.72 bits per heavy atom. The summed E-state index contributed by atoms with van der Waals surface area (Å²) in [5.74, 6) is 1.65. The first kappa shape index (κ1) is 20.5. The topological polar surface area (TPSA) is 116 Å². The number of anilines is 1. The lowest BCUT2D eigenvalue weighted by atomic mass is 10.2. The fraction of sp³-hybridized carbons (Fsp3) is 0.286. The Hall–Kier alpha value is -3.23. The molecule has 0 fully saturated rings. The summed E-state index contributed by atoms with van der Waals surface area (Å²) in [7, 11) is 0. The van der Waals surface area contributed by atoms with E-state index in [1.165, 1.54) is 12.1 Å². The Morgan fingerprint density at radius 1 is 1.14 bits per heavy atom. The average Bonchev–Trinajstić information content (AvgIpc) is 3.07. The van der Waals surface area contributed by atoms with Gasteiger partial charge in [-0.3, -0.25) is 0 Å². The van der Waals surface area contributed by atoms with E-state index in [1.54, 1.807) is 12.1 Å². The second kappa shape index (κ2) is 9.81. The number of hydrogen-bond donors (Lipinski definition) is 5. The van der Waals surface area contributed by atoms with Gasteiger partial charge in [0.2, 0.25) is 0 Å². The van der Waals surface area contributed by atoms with E-state index in [4.69, 9.17) is 9.15 Å². The standard InChI is InChI=1S/C21H25N3O5/c1-14-10-15-11-19(6-7-20(15)29-14)28-13-18(26)12-22-8-9-23-21(27)24-16-2-4-17(25)5-3-16/h2-7,10-11,18,22,25-26H,8-9,12-13H2,1H3,(H2,23,24,27). The molecule has 0 saturated heterocycles. The van der Waals surface area contributed by atoms with Crippen LogP contribution in [0.25, 0.3) is 11.0 Å². The number of nitrogens with one attached hydrogen (secondary N) is 3. The predicted octanol–water partition coefficient (Wildman–Crippen LogP) is 2.60. The Bertz CT molecular complexity index is 939. The van der Waals surface area contributed by atoms with E-state index in [9.17, 15) is 15.0 Å². The fourth-order valence-corrected chi connectivity index (χ4v) is 2.75. The number of amides is 2. The molecule has 1 unspecified atom stereocenters. The zero-order valence-electron chi connectivity index (χ0n) is 16.1. The number of aliphatic hydroxyl groups excluding tert-OH is 1. The molecule has 3 rings (SSSR count). The highest BCUT2D eigenvalue weighted by Crippen LogP contribution is 2.23. The second-order valence-electron chi connectivity index (χ2n) is 6.65. The number of phenols is 1. The summed E-state index contributed by atoms with van der Waals surface area (Å²) in [6, 6.07) is 13.3. The van der Waals surface area contributed by atoms with Crippen LogP contribution in [-0.4, -0.2) is 48.6 Å². The molecule has 2 aromatic carbocycles. The van der Waals surface area contributed by atoms with Gasteiger partial charge in [-0.1, -0.05) is 0 Å². The van der Waals surface area contributed by atoms with Gasteiger partial charge in [-0.15, -0.1) is 0 Å². The number of rotatable bonds is 9. The van der Waals surface area contributed by atoms with Gasteiger partial charge in [0.15, 0.2) is 0 Å². The molecule has 0 bridgehead atoms. The lowest BCUT2D eigenvalue weighted by molar-refractivity contribution is 0.107. The summed E-state index contributed by atoms with van der Waals surface area (Å²) < 4.78 is 11.1. The predicted molar refractivity (Wildman–Crippen MR) is 110 cm³/mol. The molecule has 1 atom stereocenters. The number of phenolic OH excluding ortho intramolecular Hbond substituents is 1. The van der Waals surface area contributed by atoms with Crippen LogP contribution >= 0.6 is 0 Å². The molecule has 154 valence electrons. The number of aryl methyl sites for hydroxylation is 1. The van der Waals surface area contributed by atoms with E-state index in [-0.39, 0.29) is 18.4 Å². The van der Waals surface area contributed by atoms with E-state index < -0.39 is 6.10 Å². The molecule has 0 saturated carbocycles. The van der Waals surface area contributed by atoms with E-state index in [0.29, 0.717) is 31.1 Å². The third kappa shape index (κ3) is 6.41. The number of ether oxygens (including phenoxy) is 1. The molecule has 29 heavy (non-hydrogen) atoms. The lowest BCUT2D eigenvalue weighted by Gasteiger charge is -2.14. The molecular weight excluding hydrogens is 374 g/mol. The minimum Gasteiger partial charge on any atom is -0.508 e. The number of aromatic hydroxyl groups is 1. The highest BCUT2D eigenvalue weighted by atomic mass is 16.5. The van der Waals surface area contributed by atoms with Crippen molar-refractivity contribution in [1.82, 2.24) is 10.6 Å². The maximum Gasteiger partial charge on any atom is 0.319 e. The number of carbonyl (C=O) groups excluding carboxylic acids is 1. The van der Waals surface area contributed by atoms with Gasteiger partial charge >= 0.3 is 6.03 Å². The number of hydrogen-bond acceptors (Lipinski definition) is 6. The molecule has 8 nitrogen and oxygen atoms in total. The van der Waals surface area contributed by atoms with E-state index >= 15 is 0 Å². The van der Waals surface area contributed by atoms with Crippen molar-refractivity contribution in [2.75, 3.05) is 31.6 Å². The van der Waals surface area contributed by atoms with Crippen LogP contribution in [0.1, 0.15) is 5.76 Å². The quantitative estimate of drug-likeness (QED) is 0.279. The molecular formula is C21H25N3O5. The summed E-state index contributed by atoms with van der Waals surface area (Å²) in [6.07, 6.45) is -0.678. The maximum atomic E-state index is 11.8. The van der Waals surface area contributed by atoms with Gasteiger partial charge in [0, 0.05) is 30.7 Å². The Kier molecular flexibility index (Phi) is 6.94. The highest BCUT2D eigenvalue weighted by Gasteiger charge is 2.07. The van der Waals surface area contributed by atoms with Crippen molar-refractivity contribution in [3.63, 3.8) is 0 Å². The normalized spacial score (nSPS) is 11.9. The second-order valence-corrected chi connectivity index (χ2v) is 6.65. The zero-order valence-corrected chi connectivity index (χ0v) is 16.1. The van der Waals surface area contributed by atoms with Gasteiger partial charge in [0.1, 0.15) is 35.6 Å². The molecule has 1 heterocycles. The van der Waals surface area contributed by atoms with Crippen molar-refractivity contribution in [1.29, 1.82) is 0 Å². The summed E-state index contributed by atoms with van der Waals surface area (Å²) in [5, 5.41) is 28.6. The summed E-state index contributed by atoms with van der Waals surface area (Å²) in [5.41, 5.74) is 1.39. The van der Waals surface area contributed by atoms with Crippen molar-refractivity contribution >= 4 is 22.7 Å². The summed E-state index contributed by atoms with van der Waals surface area (Å²) in [4.78, 5) is 11.8. The first-order valence-electron chi connectivity index (χ1n) is 9.35. The van der Waals surface area contributed by atoms with Crippen LogP contribution in [0, 0.1) is 6.92 Å². The molecule has 3 aromatic rings. The van der Waals surface area contributed by atoms with Gasteiger partial charge in [-0.25, -0.2) is 4.79 Å². The monoisotopic (exact) mass is 399 g/mol. The molecule has 0 radical (unpaired) electrons. The lowest BCUT2D eigenvalue weighted by Crippen LogP contribution is -2.38. The van der Waals surface area contributed by atoms with Gasteiger partial charge in [-0.2, -0.15) is 0 Å². The van der Waals surface area contributed by atoms with Crippen molar-refractivity contribution in [3.05, 3.63) is 54.3 Å². The van der Waals surface area contributed by atoms with Gasteiger partial charge in [-0.05, 0) is 55.5 Å². The largest absolute Gasteiger partial charge is 0.508 e. The number of carbonyl (C=O) groups is 1. The van der Waals surface area contributed by atoms with Crippen molar-refractivity contribution in [2.24, 2.45) is 0 Å². The third-order valence-corrected chi connectivity index (χ3v) is 4.15. The van der Waals surface area contributed by atoms with Crippen LogP contribution < -0.4 is 20.7 Å². The Labute approximate surface area is 168 Å². The van der Waals surface area contributed by atoms with E-state index in [1.807, 2.05) is 31.2 Å². The summed E-state index contributed by atoms with van der Waals surface area (Å²) in [6.45, 7) is 3.29. The first-order chi connectivity index (χ1) is 14.0. The number of furan rings is 1. The minimum absolute atomic E-state index is 0.139. The molecule has 8 heteroatoms. The SMILES string of the molecule is Cc1cc2cc(OCC(O)CNCCNC(=O)Nc3ccc(O)cc3)ccc2o1. The summed E-state index contributed by atoms with van der Waals surface area (Å²) >= 11 is 0. The minimum atomic E-state index is -0.678. The number of urea groups is 1. The third-order valence-electron chi connectivity index (χ3n) is 4.15. The number of benzene rings is 2. The zero-order chi connectivity index (χ0) is 20.6. The van der Waals surface area contributed by atoms with Gasteiger partial charge in [0.05, 0.1) is 0 Å². The van der Waals surface area contributed by atoms with Gasteiger partial charge in [0.25, 0.3) is 0 Å². The average molecular weight is 399 g/mol. The van der Waals surface area contributed by atoms with Crippen LogP contribution in [0.3, 0.4) is 0 Å². The van der Waals surface area contributed by atoms with E-state index in [0.717, 1.165) is 16.7 Å². The number of aliphatic hydroxyl groups is 1. The molecule has 5 N–H and O–H groups in total. The Balaban J connectivity index is 1.28. The smallest absolute Gasteiger partial charge is 0.319 e. The molecule has 2 amide bonds. The molecule has 0 aliphatic carbocycles. The molecule has 1 aromatic heterocycles. The van der Waals surface area contributed by atoms with Gasteiger partial charge < -0.3 is 35.3 Å².